The average Bonchev–Trinajstić information content (AvgIpc) is 2.44. The lowest BCUT2D eigenvalue weighted by atomic mass is 10.2. The molecular weight excluding hydrogens is 324 g/mol. The Morgan fingerprint density at radius 2 is 2.20 bits per heavy atom. The number of nitrogens with zero attached hydrogens (tertiary/aromatic N) is 1. The van der Waals surface area contributed by atoms with Gasteiger partial charge in [0.1, 0.15) is 5.75 Å². The van der Waals surface area contributed by atoms with Gasteiger partial charge in [-0.3, -0.25) is 0 Å². The van der Waals surface area contributed by atoms with Crippen LogP contribution in [0.25, 0.3) is 0 Å². The number of hydrogen-bond acceptors (Lipinski definition) is 3. The van der Waals surface area contributed by atoms with E-state index in [0.29, 0.717) is 19.6 Å². The van der Waals surface area contributed by atoms with E-state index in [1.807, 2.05) is 25.1 Å². The third-order valence-electron chi connectivity index (χ3n) is 2.82. The van der Waals surface area contributed by atoms with E-state index >= 15 is 0 Å². The molecule has 0 heterocycles. The smallest absolute Gasteiger partial charge is 0.317 e. The van der Waals surface area contributed by atoms with Crippen molar-refractivity contribution in [3.8, 4) is 5.75 Å². The number of hydrogen-bond donors (Lipinski definition) is 2. The number of rotatable bonds is 7. The molecule has 1 aromatic carbocycles. The summed E-state index contributed by atoms with van der Waals surface area (Å²) in [4.78, 5) is 13.6. The molecule has 0 saturated heterocycles. The Bertz CT molecular complexity index is 434. The number of urea groups is 1. The molecule has 0 spiro atoms. The number of nitrogens with one attached hydrogen (secondary N) is 1. The van der Waals surface area contributed by atoms with E-state index in [-0.39, 0.29) is 12.6 Å². The molecule has 0 atom stereocenters. The Labute approximate surface area is 128 Å². The van der Waals surface area contributed by atoms with Gasteiger partial charge in [0.05, 0.1) is 13.7 Å². The molecule has 0 radical (unpaired) electrons. The third-order valence-corrected chi connectivity index (χ3v) is 3.32. The summed E-state index contributed by atoms with van der Waals surface area (Å²) >= 11 is 3.40. The molecule has 6 heteroatoms. The van der Waals surface area contributed by atoms with Crippen LogP contribution in [0, 0.1) is 0 Å². The van der Waals surface area contributed by atoms with Crippen LogP contribution in [-0.4, -0.2) is 42.8 Å². The van der Waals surface area contributed by atoms with Gasteiger partial charge >= 0.3 is 6.03 Å². The van der Waals surface area contributed by atoms with Crippen molar-refractivity contribution < 1.29 is 14.6 Å². The highest BCUT2D eigenvalue weighted by atomic mass is 79.9. The maximum absolute atomic E-state index is 12.0. The number of benzene rings is 1. The summed E-state index contributed by atoms with van der Waals surface area (Å²) < 4.78 is 6.20. The van der Waals surface area contributed by atoms with Crippen LogP contribution in [0.4, 0.5) is 4.79 Å². The van der Waals surface area contributed by atoms with Crippen molar-refractivity contribution in [2.75, 3.05) is 26.8 Å². The Kier molecular flexibility index (Phi) is 7.40. The largest absolute Gasteiger partial charge is 0.496 e. The predicted molar refractivity (Wildman–Crippen MR) is 81.9 cm³/mol. The van der Waals surface area contributed by atoms with Crippen LogP contribution >= 0.6 is 15.9 Å². The fraction of sp³-hybridized carbons (Fsp3) is 0.500. The van der Waals surface area contributed by atoms with Gasteiger partial charge in [0, 0.05) is 29.7 Å². The van der Waals surface area contributed by atoms with E-state index in [2.05, 4.69) is 21.2 Å². The summed E-state index contributed by atoms with van der Waals surface area (Å²) in [6.07, 6.45) is 0.855. The van der Waals surface area contributed by atoms with Gasteiger partial charge < -0.3 is 20.1 Å². The first-order valence-electron chi connectivity index (χ1n) is 6.58. The summed E-state index contributed by atoms with van der Waals surface area (Å²) in [5.74, 6) is 0.734. The first kappa shape index (κ1) is 16.8. The number of methoxy groups -OCH3 is 1. The average molecular weight is 345 g/mol. The Balaban J connectivity index is 2.65. The molecular formula is C14H21BrN2O3. The number of halogens is 1. The SMILES string of the molecule is CCCN(CCO)C(=O)NCc1cc(Br)ccc1OC. The first-order chi connectivity index (χ1) is 9.62. The number of amides is 2. The number of aliphatic hydroxyl groups excluding tert-OH is 1. The fourth-order valence-corrected chi connectivity index (χ4v) is 2.28. The maximum Gasteiger partial charge on any atom is 0.317 e. The van der Waals surface area contributed by atoms with E-state index < -0.39 is 0 Å². The molecule has 20 heavy (non-hydrogen) atoms. The molecule has 0 saturated carbocycles. The highest BCUT2D eigenvalue weighted by Crippen LogP contribution is 2.22. The second kappa shape index (κ2) is 8.81. The molecule has 2 N–H and O–H groups in total. The summed E-state index contributed by atoms with van der Waals surface area (Å²) in [6.45, 7) is 3.31. The molecule has 0 bridgehead atoms. The van der Waals surface area contributed by atoms with E-state index in [4.69, 9.17) is 9.84 Å². The van der Waals surface area contributed by atoms with E-state index in [0.717, 1.165) is 22.2 Å². The van der Waals surface area contributed by atoms with Gasteiger partial charge in [0.2, 0.25) is 0 Å². The van der Waals surface area contributed by atoms with Crippen LogP contribution in [0.15, 0.2) is 22.7 Å². The van der Waals surface area contributed by atoms with Gasteiger partial charge in [-0.2, -0.15) is 0 Å². The van der Waals surface area contributed by atoms with Crippen LogP contribution in [0.2, 0.25) is 0 Å². The zero-order valence-corrected chi connectivity index (χ0v) is 13.4. The predicted octanol–water partition coefficient (Wildman–Crippen LogP) is 2.37. The first-order valence-corrected chi connectivity index (χ1v) is 7.37. The molecule has 0 aliphatic heterocycles. The van der Waals surface area contributed by atoms with Crippen molar-refractivity contribution in [2.45, 2.75) is 19.9 Å². The lowest BCUT2D eigenvalue weighted by molar-refractivity contribution is 0.177. The number of carbonyl (C=O) groups is 1. The molecule has 0 aliphatic rings. The summed E-state index contributed by atoms with van der Waals surface area (Å²) in [5, 5.41) is 11.8. The molecule has 2 amide bonds. The minimum absolute atomic E-state index is 0.0341. The summed E-state index contributed by atoms with van der Waals surface area (Å²) in [5.41, 5.74) is 0.899. The molecule has 5 nitrogen and oxygen atoms in total. The van der Waals surface area contributed by atoms with Gasteiger partial charge in [0.15, 0.2) is 0 Å². The van der Waals surface area contributed by atoms with E-state index in [1.165, 1.54) is 0 Å². The standard InChI is InChI=1S/C14H21BrN2O3/c1-3-6-17(7-8-18)14(19)16-10-11-9-12(15)4-5-13(11)20-2/h4-5,9,18H,3,6-8,10H2,1-2H3,(H,16,19). The monoisotopic (exact) mass is 344 g/mol. The van der Waals surface area contributed by atoms with Crippen molar-refractivity contribution in [3.05, 3.63) is 28.2 Å². The molecule has 0 unspecified atom stereocenters. The van der Waals surface area contributed by atoms with Crippen molar-refractivity contribution in [2.24, 2.45) is 0 Å². The number of ether oxygens (including phenoxy) is 1. The quantitative estimate of drug-likeness (QED) is 0.798. The topological polar surface area (TPSA) is 61.8 Å². The van der Waals surface area contributed by atoms with Crippen LogP contribution in [0.5, 0.6) is 5.75 Å². The highest BCUT2D eigenvalue weighted by Gasteiger charge is 2.12. The highest BCUT2D eigenvalue weighted by molar-refractivity contribution is 9.10. The Morgan fingerprint density at radius 3 is 2.80 bits per heavy atom. The second-order valence-electron chi connectivity index (χ2n) is 4.33. The normalized spacial score (nSPS) is 10.2. The molecule has 0 aromatic heterocycles. The minimum Gasteiger partial charge on any atom is -0.496 e. The molecule has 1 aromatic rings. The summed E-state index contributed by atoms with van der Waals surface area (Å²) in [7, 11) is 1.60. The van der Waals surface area contributed by atoms with E-state index in [1.54, 1.807) is 12.0 Å². The lowest BCUT2D eigenvalue weighted by Gasteiger charge is -2.21. The Morgan fingerprint density at radius 1 is 1.45 bits per heavy atom. The lowest BCUT2D eigenvalue weighted by Crippen LogP contribution is -2.41. The number of carbonyl (C=O) groups excluding carboxylic acids is 1. The van der Waals surface area contributed by atoms with Crippen molar-refractivity contribution >= 4 is 22.0 Å². The second-order valence-corrected chi connectivity index (χ2v) is 5.24. The van der Waals surface area contributed by atoms with Crippen LogP contribution in [0.3, 0.4) is 0 Å². The van der Waals surface area contributed by atoms with Crippen molar-refractivity contribution in [3.63, 3.8) is 0 Å². The van der Waals surface area contributed by atoms with E-state index in [9.17, 15) is 4.79 Å². The molecule has 112 valence electrons. The molecule has 0 fully saturated rings. The van der Waals surface area contributed by atoms with Gasteiger partial charge in [0.25, 0.3) is 0 Å². The van der Waals surface area contributed by atoms with Gasteiger partial charge in [-0.15, -0.1) is 0 Å². The Hall–Kier alpha value is -1.27. The van der Waals surface area contributed by atoms with Crippen LogP contribution < -0.4 is 10.1 Å². The van der Waals surface area contributed by atoms with Gasteiger partial charge in [-0.25, -0.2) is 4.79 Å². The van der Waals surface area contributed by atoms with Crippen LogP contribution in [0.1, 0.15) is 18.9 Å². The van der Waals surface area contributed by atoms with Crippen molar-refractivity contribution in [1.82, 2.24) is 10.2 Å². The van der Waals surface area contributed by atoms with Crippen molar-refractivity contribution in [1.29, 1.82) is 0 Å². The summed E-state index contributed by atoms with van der Waals surface area (Å²) in [6, 6.07) is 5.47. The van der Waals surface area contributed by atoms with Crippen LogP contribution in [-0.2, 0) is 6.54 Å². The fourth-order valence-electron chi connectivity index (χ4n) is 1.87. The molecule has 1 rings (SSSR count). The van der Waals surface area contributed by atoms with Gasteiger partial charge in [-0.1, -0.05) is 22.9 Å². The third kappa shape index (κ3) is 5.02. The zero-order chi connectivity index (χ0) is 15.0. The number of aliphatic hydroxyl groups is 1. The maximum atomic E-state index is 12.0. The molecule has 0 aliphatic carbocycles. The van der Waals surface area contributed by atoms with Gasteiger partial charge in [-0.05, 0) is 24.6 Å². The zero-order valence-electron chi connectivity index (χ0n) is 11.9. The minimum atomic E-state index is -0.178.